The number of hydrogen-bond acceptors (Lipinski definition) is 2. The predicted molar refractivity (Wildman–Crippen MR) is 83.0 cm³/mol. The zero-order valence-corrected chi connectivity index (χ0v) is 12.9. The van der Waals surface area contributed by atoms with Crippen molar-refractivity contribution in [3.63, 3.8) is 0 Å². The Labute approximate surface area is 123 Å². The first-order valence-electron chi connectivity index (χ1n) is 6.52. The Morgan fingerprint density at radius 1 is 1.21 bits per heavy atom. The molecule has 0 saturated heterocycles. The molecule has 0 aliphatic heterocycles. The average molecular weight is 319 g/mol. The van der Waals surface area contributed by atoms with E-state index in [-0.39, 0.29) is 6.04 Å². The van der Waals surface area contributed by atoms with Crippen molar-refractivity contribution < 1.29 is 0 Å². The highest BCUT2D eigenvalue weighted by molar-refractivity contribution is 9.10. The Morgan fingerprint density at radius 2 is 2.00 bits per heavy atom. The van der Waals surface area contributed by atoms with Crippen LogP contribution in [0, 0.1) is 5.92 Å². The van der Waals surface area contributed by atoms with Crippen molar-refractivity contribution in [1.29, 1.82) is 0 Å². The molecule has 0 radical (unpaired) electrons. The largest absolute Gasteiger partial charge is 0.319 e. The molecule has 100 valence electrons. The van der Waals surface area contributed by atoms with Gasteiger partial charge in [-0.25, -0.2) is 0 Å². The molecule has 1 atom stereocenters. The van der Waals surface area contributed by atoms with Gasteiger partial charge in [-0.1, -0.05) is 38.1 Å². The van der Waals surface area contributed by atoms with Gasteiger partial charge in [-0.2, -0.15) is 0 Å². The minimum Gasteiger partial charge on any atom is -0.319 e. The molecule has 0 amide bonds. The van der Waals surface area contributed by atoms with Crippen LogP contribution in [0.15, 0.2) is 47.1 Å². The summed E-state index contributed by atoms with van der Waals surface area (Å²) >= 11 is 3.51. The molecule has 0 saturated carbocycles. The normalized spacial score (nSPS) is 12.7. The third kappa shape index (κ3) is 3.64. The van der Waals surface area contributed by atoms with Crippen LogP contribution < -0.4 is 5.73 Å². The number of pyridine rings is 1. The number of aromatic nitrogens is 1. The SMILES string of the molecule is CC(C)Cc1cccc(C(N)c2ncccc2Br)c1. The van der Waals surface area contributed by atoms with Crippen LogP contribution in [0.5, 0.6) is 0 Å². The van der Waals surface area contributed by atoms with Crippen molar-refractivity contribution in [3.05, 3.63) is 63.9 Å². The third-order valence-corrected chi connectivity index (χ3v) is 3.71. The maximum atomic E-state index is 6.32. The minimum atomic E-state index is -0.192. The lowest BCUT2D eigenvalue weighted by Crippen LogP contribution is -2.14. The van der Waals surface area contributed by atoms with Crippen LogP contribution in [0.25, 0.3) is 0 Å². The first-order valence-corrected chi connectivity index (χ1v) is 7.32. The van der Waals surface area contributed by atoms with Gasteiger partial charge in [0.05, 0.1) is 11.7 Å². The molecule has 1 aromatic heterocycles. The standard InChI is InChI=1S/C16H19BrN2/c1-11(2)9-12-5-3-6-13(10-12)15(18)16-14(17)7-4-8-19-16/h3-8,10-11,15H,9,18H2,1-2H3. The maximum Gasteiger partial charge on any atom is 0.0758 e. The molecule has 2 nitrogen and oxygen atoms in total. The van der Waals surface area contributed by atoms with E-state index in [1.807, 2.05) is 12.1 Å². The molecule has 3 heteroatoms. The van der Waals surface area contributed by atoms with Crippen molar-refractivity contribution in [1.82, 2.24) is 4.98 Å². The maximum absolute atomic E-state index is 6.32. The molecule has 1 unspecified atom stereocenters. The van der Waals surface area contributed by atoms with Gasteiger partial charge in [0.15, 0.2) is 0 Å². The summed E-state index contributed by atoms with van der Waals surface area (Å²) in [6.45, 7) is 4.45. The molecule has 2 rings (SSSR count). The second kappa shape index (κ2) is 6.31. The van der Waals surface area contributed by atoms with Gasteiger partial charge in [0.25, 0.3) is 0 Å². The highest BCUT2D eigenvalue weighted by atomic mass is 79.9. The van der Waals surface area contributed by atoms with Crippen LogP contribution >= 0.6 is 15.9 Å². The number of hydrogen-bond donors (Lipinski definition) is 1. The molecule has 1 aromatic carbocycles. The van der Waals surface area contributed by atoms with Crippen LogP contribution in [0.4, 0.5) is 0 Å². The smallest absolute Gasteiger partial charge is 0.0758 e. The van der Waals surface area contributed by atoms with Crippen molar-refractivity contribution in [2.24, 2.45) is 11.7 Å². The zero-order chi connectivity index (χ0) is 13.8. The van der Waals surface area contributed by atoms with Crippen LogP contribution in [0.2, 0.25) is 0 Å². The van der Waals surface area contributed by atoms with E-state index in [4.69, 9.17) is 5.73 Å². The van der Waals surface area contributed by atoms with Crippen LogP contribution in [0.3, 0.4) is 0 Å². The van der Waals surface area contributed by atoms with Crippen molar-refractivity contribution in [2.75, 3.05) is 0 Å². The summed E-state index contributed by atoms with van der Waals surface area (Å²) in [5.41, 5.74) is 9.64. The van der Waals surface area contributed by atoms with E-state index in [1.165, 1.54) is 5.56 Å². The number of rotatable bonds is 4. The van der Waals surface area contributed by atoms with Gasteiger partial charge in [-0.05, 0) is 51.5 Å². The van der Waals surface area contributed by atoms with Crippen molar-refractivity contribution >= 4 is 15.9 Å². The van der Waals surface area contributed by atoms with Gasteiger partial charge in [0, 0.05) is 10.7 Å². The molecular weight excluding hydrogens is 300 g/mol. The molecule has 0 spiro atoms. The molecule has 0 fully saturated rings. The second-order valence-electron chi connectivity index (χ2n) is 5.19. The summed E-state index contributed by atoms with van der Waals surface area (Å²) in [6.07, 6.45) is 2.85. The third-order valence-electron chi connectivity index (χ3n) is 3.04. The fourth-order valence-electron chi connectivity index (χ4n) is 2.17. The quantitative estimate of drug-likeness (QED) is 0.922. The first kappa shape index (κ1) is 14.2. The van der Waals surface area contributed by atoms with Gasteiger partial charge < -0.3 is 5.73 Å². The molecule has 0 aliphatic rings. The van der Waals surface area contributed by atoms with Crippen molar-refractivity contribution in [3.8, 4) is 0 Å². The monoisotopic (exact) mass is 318 g/mol. The van der Waals surface area contributed by atoms with E-state index in [0.717, 1.165) is 22.2 Å². The van der Waals surface area contributed by atoms with E-state index < -0.39 is 0 Å². The number of benzene rings is 1. The first-order chi connectivity index (χ1) is 9.08. The second-order valence-corrected chi connectivity index (χ2v) is 6.05. The Kier molecular flexibility index (Phi) is 4.72. The van der Waals surface area contributed by atoms with Crippen LogP contribution in [-0.4, -0.2) is 4.98 Å². The lowest BCUT2D eigenvalue weighted by molar-refractivity contribution is 0.646. The van der Waals surface area contributed by atoms with E-state index in [1.54, 1.807) is 6.20 Å². The Morgan fingerprint density at radius 3 is 2.68 bits per heavy atom. The lowest BCUT2D eigenvalue weighted by Gasteiger charge is -2.15. The minimum absolute atomic E-state index is 0.192. The van der Waals surface area contributed by atoms with E-state index in [0.29, 0.717) is 5.92 Å². The molecule has 19 heavy (non-hydrogen) atoms. The van der Waals surface area contributed by atoms with Gasteiger partial charge in [-0.3, -0.25) is 4.98 Å². The molecule has 0 aliphatic carbocycles. The molecule has 0 bridgehead atoms. The van der Waals surface area contributed by atoms with E-state index in [2.05, 4.69) is 59.0 Å². The van der Waals surface area contributed by atoms with Gasteiger partial charge in [0.2, 0.25) is 0 Å². The number of nitrogens with two attached hydrogens (primary N) is 1. The van der Waals surface area contributed by atoms with Crippen molar-refractivity contribution in [2.45, 2.75) is 26.3 Å². The fraction of sp³-hybridized carbons (Fsp3) is 0.312. The summed E-state index contributed by atoms with van der Waals surface area (Å²) in [5, 5.41) is 0. The van der Waals surface area contributed by atoms with Gasteiger partial charge in [0.1, 0.15) is 0 Å². The van der Waals surface area contributed by atoms with Gasteiger partial charge in [-0.15, -0.1) is 0 Å². The number of nitrogens with zero attached hydrogens (tertiary/aromatic N) is 1. The summed E-state index contributed by atoms with van der Waals surface area (Å²) in [5.74, 6) is 0.646. The van der Waals surface area contributed by atoms with Crippen LogP contribution in [-0.2, 0) is 6.42 Å². The highest BCUT2D eigenvalue weighted by Crippen LogP contribution is 2.25. The lowest BCUT2D eigenvalue weighted by atomic mass is 9.97. The topological polar surface area (TPSA) is 38.9 Å². The zero-order valence-electron chi connectivity index (χ0n) is 11.3. The highest BCUT2D eigenvalue weighted by Gasteiger charge is 2.13. The average Bonchev–Trinajstić information content (AvgIpc) is 2.38. The summed E-state index contributed by atoms with van der Waals surface area (Å²) < 4.78 is 0.955. The molecule has 2 N–H and O–H groups in total. The van der Waals surface area contributed by atoms with E-state index in [9.17, 15) is 0 Å². The molecule has 1 heterocycles. The summed E-state index contributed by atoms with van der Waals surface area (Å²) in [7, 11) is 0. The Hall–Kier alpha value is -1.19. The summed E-state index contributed by atoms with van der Waals surface area (Å²) in [6, 6.07) is 12.2. The Balaban J connectivity index is 2.29. The van der Waals surface area contributed by atoms with Gasteiger partial charge >= 0.3 is 0 Å². The van der Waals surface area contributed by atoms with Crippen LogP contribution in [0.1, 0.15) is 36.7 Å². The predicted octanol–water partition coefficient (Wildman–Crippen LogP) is 4.09. The molecular formula is C16H19BrN2. The fourth-order valence-corrected chi connectivity index (χ4v) is 2.67. The number of halogens is 1. The van der Waals surface area contributed by atoms with E-state index >= 15 is 0 Å². The Bertz CT molecular complexity index is 552. The molecule has 2 aromatic rings. The summed E-state index contributed by atoms with van der Waals surface area (Å²) in [4.78, 5) is 4.37.